The molecule has 2 N–H and O–H groups in total. The SMILES string of the molecule is CC(C)(CNC(=O)C1(S(C)(=O)=O)CCNCC1)c1ccccc1Cl.Cl. The lowest BCUT2D eigenvalue weighted by molar-refractivity contribution is -0.124. The molecule has 0 radical (unpaired) electrons. The monoisotopic (exact) mass is 408 g/mol. The predicted molar refractivity (Wildman–Crippen MR) is 104 cm³/mol. The molecular formula is C17H26Cl2N2O3S. The van der Waals surface area contributed by atoms with Gasteiger partial charge in [0.2, 0.25) is 5.91 Å². The molecule has 0 atom stereocenters. The van der Waals surface area contributed by atoms with Gasteiger partial charge in [-0.15, -0.1) is 12.4 Å². The summed E-state index contributed by atoms with van der Waals surface area (Å²) in [4.78, 5) is 12.8. The first kappa shape index (κ1) is 22.2. The van der Waals surface area contributed by atoms with Crippen LogP contribution in [0, 0.1) is 0 Å². The van der Waals surface area contributed by atoms with Crippen LogP contribution in [-0.4, -0.2) is 45.0 Å². The minimum absolute atomic E-state index is 0. The summed E-state index contributed by atoms with van der Waals surface area (Å²) < 4.78 is 23.2. The number of benzene rings is 1. The topological polar surface area (TPSA) is 75.3 Å². The number of carbonyl (C=O) groups is 1. The van der Waals surface area contributed by atoms with Crippen LogP contribution >= 0.6 is 24.0 Å². The summed E-state index contributed by atoms with van der Waals surface area (Å²) in [6.45, 7) is 5.32. The first-order valence-electron chi connectivity index (χ1n) is 8.04. The molecule has 0 bridgehead atoms. The highest BCUT2D eigenvalue weighted by Gasteiger charge is 2.48. The molecule has 1 aliphatic heterocycles. The van der Waals surface area contributed by atoms with E-state index in [9.17, 15) is 13.2 Å². The molecule has 1 aliphatic rings. The number of carbonyl (C=O) groups excluding carboxylic acids is 1. The fourth-order valence-corrected chi connectivity index (χ4v) is 4.91. The van der Waals surface area contributed by atoms with Crippen LogP contribution in [0.1, 0.15) is 32.3 Å². The fourth-order valence-electron chi connectivity index (χ4n) is 3.16. The Morgan fingerprint density at radius 3 is 2.36 bits per heavy atom. The lowest BCUT2D eigenvalue weighted by atomic mass is 9.84. The average Bonchev–Trinajstić information content (AvgIpc) is 2.52. The lowest BCUT2D eigenvalue weighted by Crippen LogP contribution is -2.58. The Morgan fingerprint density at radius 2 is 1.84 bits per heavy atom. The molecule has 8 heteroatoms. The van der Waals surface area contributed by atoms with E-state index in [2.05, 4.69) is 10.6 Å². The van der Waals surface area contributed by atoms with Gasteiger partial charge in [0.25, 0.3) is 0 Å². The van der Waals surface area contributed by atoms with Crippen LogP contribution in [0.15, 0.2) is 24.3 Å². The summed E-state index contributed by atoms with van der Waals surface area (Å²) in [5.74, 6) is -0.411. The van der Waals surface area contributed by atoms with E-state index in [-0.39, 0.29) is 12.4 Å². The van der Waals surface area contributed by atoms with Gasteiger partial charge in [-0.3, -0.25) is 4.79 Å². The van der Waals surface area contributed by atoms with Gasteiger partial charge in [-0.25, -0.2) is 8.42 Å². The molecule has 1 fully saturated rings. The number of amides is 1. The standard InChI is InChI=1S/C17H25ClN2O3S.ClH/c1-16(2,13-6-4-5-7-14(13)18)12-20-15(21)17(24(3,22)23)8-10-19-11-9-17;/h4-7,19H,8-12H2,1-3H3,(H,20,21);1H. The Bertz CT molecular complexity index is 714. The Morgan fingerprint density at radius 1 is 1.28 bits per heavy atom. The molecular weight excluding hydrogens is 383 g/mol. The fraction of sp³-hybridized carbons (Fsp3) is 0.588. The van der Waals surface area contributed by atoms with Crippen molar-refractivity contribution in [2.45, 2.75) is 36.9 Å². The van der Waals surface area contributed by atoms with E-state index >= 15 is 0 Å². The molecule has 25 heavy (non-hydrogen) atoms. The number of sulfone groups is 1. The molecule has 1 saturated heterocycles. The highest BCUT2D eigenvalue weighted by atomic mass is 35.5. The highest BCUT2D eigenvalue weighted by Crippen LogP contribution is 2.31. The molecule has 2 rings (SSSR count). The maximum Gasteiger partial charge on any atom is 0.241 e. The van der Waals surface area contributed by atoms with Crippen LogP contribution in [-0.2, 0) is 20.0 Å². The van der Waals surface area contributed by atoms with Crippen molar-refractivity contribution in [1.82, 2.24) is 10.6 Å². The van der Waals surface area contributed by atoms with Crippen molar-refractivity contribution in [3.63, 3.8) is 0 Å². The van der Waals surface area contributed by atoms with Gasteiger partial charge in [0.1, 0.15) is 0 Å². The first-order valence-corrected chi connectivity index (χ1v) is 10.3. The summed E-state index contributed by atoms with van der Waals surface area (Å²) in [5.41, 5.74) is 0.519. The van der Waals surface area contributed by atoms with E-state index in [0.29, 0.717) is 37.5 Å². The molecule has 0 saturated carbocycles. The number of nitrogens with one attached hydrogen (secondary N) is 2. The van der Waals surface area contributed by atoms with Crippen LogP contribution in [0.25, 0.3) is 0 Å². The predicted octanol–water partition coefficient (Wildman–Crippen LogP) is 2.32. The summed E-state index contributed by atoms with van der Waals surface area (Å²) in [5, 5.41) is 6.61. The Kier molecular flexibility index (Phi) is 7.33. The van der Waals surface area contributed by atoms with Crippen molar-refractivity contribution >= 4 is 39.8 Å². The van der Waals surface area contributed by atoms with Gasteiger partial charge in [-0.05, 0) is 37.6 Å². The van der Waals surface area contributed by atoms with Crippen LogP contribution in [0.4, 0.5) is 0 Å². The smallest absolute Gasteiger partial charge is 0.241 e. The summed E-state index contributed by atoms with van der Waals surface area (Å²) in [6.07, 6.45) is 1.74. The molecule has 5 nitrogen and oxygen atoms in total. The van der Waals surface area contributed by atoms with E-state index < -0.39 is 25.9 Å². The third-order valence-electron chi connectivity index (χ3n) is 4.83. The molecule has 1 amide bonds. The lowest BCUT2D eigenvalue weighted by Gasteiger charge is -2.36. The summed E-state index contributed by atoms with van der Waals surface area (Å²) >= 11 is 6.26. The minimum Gasteiger partial charge on any atom is -0.354 e. The van der Waals surface area contributed by atoms with Crippen molar-refractivity contribution in [2.75, 3.05) is 25.9 Å². The maximum absolute atomic E-state index is 12.8. The van der Waals surface area contributed by atoms with Gasteiger partial charge in [-0.1, -0.05) is 43.6 Å². The van der Waals surface area contributed by atoms with Gasteiger partial charge in [0.05, 0.1) is 0 Å². The quantitative estimate of drug-likeness (QED) is 0.783. The average molecular weight is 409 g/mol. The summed E-state index contributed by atoms with van der Waals surface area (Å²) in [7, 11) is -3.51. The third kappa shape index (κ3) is 4.67. The number of hydrogen-bond acceptors (Lipinski definition) is 4. The molecule has 1 aromatic carbocycles. The summed E-state index contributed by atoms with van der Waals surface area (Å²) in [6, 6.07) is 7.49. The van der Waals surface area contributed by atoms with E-state index in [1.165, 1.54) is 0 Å². The van der Waals surface area contributed by atoms with Crippen molar-refractivity contribution in [3.05, 3.63) is 34.9 Å². The largest absolute Gasteiger partial charge is 0.354 e. The van der Waals surface area contributed by atoms with Gasteiger partial charge in [-0.2, -0.15) is 0 Å². The highest BCUT2D eigenvalue weighted by molar-refractivity contribution is 7.92. The Labute approximate surface area is 161 Å². The molecule has 142 valence electrons. The normalized spacial score (nSPS) is 17.4. The number of piperidine rings is 1. The van der Waals surface area contributed by atoms with Crippen LogP contribution in [0.2, 0.25) is 5.02 Å². The Hall–Kier alpha value is -0.820. The van der Waals surface area contributed by atoms with Crippen molar-refractivity contribution < 1.29 is 13.2 Å². The van der Waals surface area contributed by atoms with Crippen molar-refractivity contribution in [1.29, 1.82) is 0 Å². The molecule has 0 unspecified atom stereocenters. The number of rotatable bonds is 5. The second-order valence-electron chi connectivity index (χ2n) is 7.06. The van der Waals surface area contributed by atoms with E-state index in [4.69, 9.17) is 11.6 Å². The minimum atomic E-state index is -3.51. The van der Waals surface area contributed by atoms with Crippen LogP contribution in [0.3, 0.4) is 0 Å². The molecule has 0 spiro atoms. The number of hydrogen-bond donors (Lipinski definition) is 2. The second kappa shape index (κ2) is 8.25. The van der Waals surface area contributed by atoms with Gasteiger partial charge >= 0.3 is 0 Å². The second-order valence-corrected chi connectivity index (χ2v) is 9.80. The molecule has 1 aromatic rings. The number of halogens is 2. The van der Waals surface area contributed by atoms with E-state index in [0.717, 1.165) is 11.8 Å². The third-order valence-corrected chi connectivity index (χ3v) is 7.17. The molecule has 0 aliphatic carbocycles. The van der Waals surface area contributed by atoms with E-state index in [1.807, 2.05) is 38.1 Å². The van der Waals surface area contributed by atoms with Crippen molar-refractivity contribution in [2.24, 2.45) is 0 Å². The first-order chi connectivity index (χ1) is 11.1. The zero-order valence-corrected chi connectivity index (χ0v) is 17.2. The van der Waals surface area contributed by atoms with Crippen LogP contribution in [0.5, 0.6) is 0 Å². The maximum atomic E-state index is 12.8. The van der Waals surface area contributed by atoms with Gasteiger partial charge < -0.3 is 10.6 Å². The molecule has 0 aromatic heterocycles. The van der Waals surface area contributed by atoms with Gasteiger partial charge in [0, 0.05) is 23.2 Å². The van der Waals surface area contributed by atoms with E-state index in [1.54, 1.807) is 0 Å². The zero-order valence-electron chi connectivity index (χ0n) is 14.8. The van der Waals surface area contributed by atoms with Gasteiger partial charge in [0.15, 0.2) is 14.6 Å². The molecule has 1 heterocycles. The zero-order chi connectivity index (χ0) is 18.0. The van der Waals surface area contributed by atoms with Crippen LogP contribution < -0.4 is 10.6 Å². The van der Waals surface area contributed by atoms with Crippen molar-refractivity contribution in [3.8, 4) is 0 Å². The Balaban J connectivity index is 0.00000312.